The minimum absolute atomic E-state index is 0.486. The van der Waals surface area contributed by atoms with Crippen LogP contribution < -0.4 is 5.32 Å². The number of aliphatic hydroxyl groups excluding tert-OH is 1. The first-order chi connectivity index (χ1) is 9.06. The molecule has 2 heteroatoms. The van der Waals surface area contributed by atoms with Gasteiger partial charge in [-0.3, -0.25) is 0 Å². The third-order valence-electron chi connectivity index (χ3n) is 3.29. The first-order valence-corrected chi connectivity index (χ1v) is 6.62. The monoisotopic (exact) mass is 255 g/mol. The van der Waals surface area contributed by atoms with Crippen molar-refractivity contribution >= 4 is 5.69 Å². The summed E-state index contributed by atoms with van der Waals surface area (Å²) in [6, 6.07) is 14.3. The maximum absolute atomic E-state index is 10.2. The maximum Gasteiger partial charge on any atom is 0.0962 e. The van der Waals surface area contributed by atoms with Gasteiger partial charge in [0.05, 0.1) is 6.10 Å². The van der Waals surface area contributed by atoms with Gasteiger partial charge in [0.25, 0.3) is 0 Å². The summed E-state index contributed by atoms with van der Waals surface area (Å²) in [5.74, 6) is 0. The van der Waals surface area contributed by atoms with Crippen LogP contribution in [-0.4, -0.2) is 11.7 Å². The summed E-state index contributed by atoms with van der Waals surface area (Å²) in [4.78, 5) is 0. The van der Waals surface area contributed by atoms with E-state index < -0.39 is 6.10 Å². The Morgan fingerprint density at radius 2 is 1.74 bits per heavy atom. The maximum atomic E-state index is 10.2. The first-order valence-electron chi connectivity index (χ1n) is 6.62. The Kier molecular flexibility index (Phi) is 4.23. The van der Waals surface area contributed by atoms with Crippen LogP contribution in [0.25, 0.3) is 0 Å². The fraction of sp³-hybridized carbons (Fsp3) is 0.294. The van der Waals surface area contributed by atoms with Crippen molar-refractivity contribution in [3.05, 3.63) is 64.7 Å². The molecule has 1 unspecified atom stereocenters. The molecule has 0 amide bonds. The lowest BCUT2D eigenvalue weighted by atomic mass is 10.1. The lowest BCUT2D eigenvalue weighted by molar-refractivity contribution is 0.191. The molecule has 0 fully saturated rings. The van der Waals surface area contributed by atoms with Crippen LogP contribution in [0, 0.1) is 20.8 Å². The van der Waals surface area contributed by atoms with E-state index in [-0.39, 0.29) is 0 Å². The van der Waals surface area contributed by atoms with Crippen LogP contribution in [0.1, 0.15) is 28.4 Å². The summed E-state index contributed by atoms with van der Waals surface area (Å²) < 4.78 is 0. The van der Waals surface area contributed by atoms with Crippen molar-refractivity contribution in [3.63, 3.8) is 0 Å². The number of hydrogen-bond donors (Lipinski definition) is 2. The summed E-state index contributed by atoms with van der Waals surface area (Å²) in [6.45, 7) is 6.72. The topological polar surface area (TPSA) is 32.3 Å². The minimum atomic E-state index is -0.486. The predicted octanol–water partition coefficient (Wildman–Crippen LogP) is 3.76. The van der Waals surface area contributed by atoms with Crippen molar-refractivity contribution in [1.82, 2.24) is 0 Å². The number of rotatable bonds is 4. The second-order valence-corrected chi connectivity index (χ2v) is 5.13. The van der Waals surface area contributed by atoms with E-state index in [1.807, 2.05) is 31.2 Å². The highest BCUT2D eigenvalue weighted by Crippen LogP contribution is 2.19. The molecule has 2 nitrogen and oxygen atoms in total. The number of nitrogens with one attached hydrogen (secondary N) is 1. The lowest BCUT2D eigenvalue weighted by Crippen LogP contribution is -2.12. The van der Waals surface area contributed by atoms with Gasteiger partial charge < -0.3 is 10.4 Å². The van der Waals surface area contributed by atoms with Crippen molar-refractivity contribution in [2.75, 3.05) is 11.9 Å². The normalized spacial score (nSPS) is 12.2. The number of hydrogen-bond acceptors (Lipinski definition) is 2. The summed E-state index contributed by atoms with van der Waals surface area (Å²) in [7, 11) is 0. The smallest absolute Gasteiger partial charge is 0.0962 e. The zero-order valence-corrected chi connectivity index (χ0v) is 11.8. The van der Waals surface area contributed by atoms with Gasteiger partial charge in [-0.1, -0.05) is 47.5 Å². The Labute approximate surface area is 115 Å². The van der Waals surface area contributed by atoms with E-state index >= 15 is 0 Å². The second kappa shape index (κ2) is 5.89. The fourth-order valence-electron chi connectivity index (χ4n) is 2.21. The Balaban J connectivity index is 2.02. The number of aryl methyl sites for hydroxylation is 3. The predicted molar refractivity (Wildman–Crippen MR) is 80.5 cm³/mol. The number of aliphatic hydroxyl groups is 1. The Bertz CT molecular complexity index is 563. The van der Waals surface area contributed by atoms with Gasteiger partial charge in [-0.25, -0.2) is 0 Å². The molecule has 0 aliphatic carbocycles. The average Bonchev–Trinajstić information content (AvgIpc) is 2.37. The Hall–Kier alpha value is -1.80. The van der Waals surface area contributed by atoms with E-state index in [1.54, 1.807) is 0 Å². The van der Waals surface area contributed by atoms with Gasteiger partial charge in [0, 0.05) is 12.2 Å². The van der Waals surface area contributed by atoms with Crippen molar-refractivity contribution in [1.29, 1.82) is 0 Å². The highest BCUT2D eigenvalue weighted by molar-refractivity contribution is 5.52. The van der Waals surface area contributed by atoms with Crippen LogP contribution in [0.15, 0.2) is 42.5 Å². The van der Waals surface area contributed by atoms with Crippen LogP contribution in [-0.2, 0) is 0 Å². The van der Waals surface area contributed by atoms with Gasteiger partial charge >= 0.3 is 0 Å². The molecule has 100 valence electrons. The summed E-state index contributed by atoms with van der Waals surface area (Å²) in [5.41, 5.74) is 5.66. The zero-order valence-electron chi connectivity index (χ0n) is 11.8. The third kappa shape index (κ3) is 3.58. The number of anilines is 1. The van der Waals surface area contributed by atoms with Gasteiger partial charge in [-0.05, 0) is 38.0 Å². The standard InChI is InChI=1S/C17H21NO/c1-12-5-4-6-15(10-12)17(19)11-18-16-8-7-13(2)9-14(16)3/h4-10,17-19H,11H2,1-3H3. The molecule has 2 rings (SSSR count). The van der Waals surface area contributed by atoms with E-state index in [0.29, 0.717) is 6.54 Å². The van der Waals surface area contributed by atoms with Gasteiger partial charge in [-0.15, -0.1) is 0 Å². The summed E-state index contributed by atoms with van der Waals surface area (Å²) in [6.07, 6.45) is -0.486. The summed E-state index contributed by atoms with van der Waals surface area (Å²) in [5, 5.41) is 13.5. The van der Waals surface area contributed by atoms with Crippen LogP contribution in [0.2, 0.25) is 0 Å². The van der Waals surface area contributed by atoms with E-state index in [9.17, 15) is 5.11 Å². The number of benzene rings is 2. The summed E-state index contributed by atoms with van der Waals surface area (Å²) >= 11 is 0. The second-order valence-electron chi connectivity index (χ2n) is 5.13. The molecule has 0 saturated heterocycles. The SMILES string of the molecule is Cc1cccc(C(O)CNc2ccc(C)cc2C)c1. The molecule has 0 spiro atoms. The molecule has 19 heavy (non-hydrogen) atoms. The largest absolute Gasteiger partial charge is 0.387 e. The molecule has 0 saturated carbocycles. The quantitative estimate of drug-likeness (QED) is 0.872. The van der Waals surface area contributed by atoms with Crippen LogP contribution in [0.4, 0.5) is 5.69 Å². The zero-order chi connectivity index (χ0) is 13.8. The minimum Gasteiger partial charge on any atom is -0.387 e. The molecule has 0 heterocycles. The average molecular weight is 255 g/mol. The van der Waals surface area contributed by atoms with Crippen LogP contribution >= 0.6 is 0 Å². The molecule has 2 aromatic rings. The van der Waals surface area contributed by atoms with Crippen molar-refractivity contribution in [2.24, 2.45) is 0 Å². The first kappa shape index (κ1) is 13.6. The van der Waals surface area contributed by atoms with Gasteiger partial charge in [0.1, 0.15) is 0 Å². The molecule has 0 aliphatic rings. The molecule has 0 aliphatic heterocycles. The van der Waals surface area contributed by atoms with Crippen molar-refractivity contribution in [3.8, 4) is 0 Å². The van der Waals surface area contributed by atoms with Crippen molar-refractivity contribution < 1.29 is 5.11 Å². The molecular weight excluding hydrogens is 234 g/mol. The Morgan fingerprint density at radius 3 is 2.42 bits per heavy atom. The highest BCUT2D eigenvalue weighted by atomic mass is 16.3. The molecule has 2 N–H and O–H groups in total. The van der Waals surface area contributed by atoms with Crippen molar-refractivity contribution in [2.45, 2.75) is 26.9 Å². The van der Waals surface area contributed by atoms with E-state index in [1.165, 1.54) is 16.7 Å². The molecule has 0 radical (unpaired) electrons. The molecule has 1 atom stereocenters. The van der Waals surface area contributed by atoms with E-state index in [2.05, 4.69) is 37.4 Å². The fourth-order valence-corrected chi connectivity index (χ4v) is 2.21. The Morgan fingerprint density at radius 1 is 1.00 bits per heavy atom. The van der Waals surface area contributed by atoms with Crippen LogP contribution in [0.5, 0.6) is 0 Å². The third-order valence-corrected chi connectivity index (χ3v) is 3.29. The molecule has 2 aromatic carbocycles. The molecule has 0 bridgehead atoms. The molecular formula is C17H21NO. The van der Waals surface area contributed by atoms with Crippen LogP contribution in [0.3, 0.4) is 0 Å². The van der Waals surface area contributed by atoms with E-state index in [4.69, 9.17) is 0 Å². The lowest BCUT2D eigenvalue weighted by Gasteiger charge is -2.15. The van der Waals surface area contributed by atoms with Gasteiger partial charge in [0.2, 0.25) is 0 Å². The molecule has 0 aromatic heterocycles. The van der Waals surface area contributed by atoms with Gasteiger partial charge in [-0.2, -0.15) is 0 Å². The highest BCUT2D eigenvalue weighted by Gasteiger charge is 2.08. The van der Waals surface area contributed by atoms with E-state index in [0.717, 1.165) is 11.3 Å². The van der Waals surface area contributed by atoms with Gasteiger partial charge in [0.15, 0.2) is 0 Å².